The van der Waals surface area contributed by atoms with Gasteiger partial charge in [-0.3, -0.25) is 14.5 Å². The first-order valence-corrected chi connectivity index (χ1v) is 8.87. The van der Waals surface area contributed by atoms with Crippen molar-refractivity contribution in [1.29, 1.82) is 0 Å². The van der Waals surface area contributed by atoms with Crippen molar-refractivity contribution in [3.05, 3.63) is 76.8 Å². The summed E-state index contributed by atoms with van der Waals surface area (Å²) in [5, 5.41) is 28.3. The maximum Gasteiger partial charge on any atom is 0.301 e. The molecule has 0 saturated carbocycles. The molecule has 8 heteroatoms. The SMILES string of the molecule is O=C1C(=O)N(c2nncs2)C(c2ccc(O)cc2)C1=C(O)c1ccccc1. The van der Waals surface area contributed by atoms with Crippen LogP contribution in [0, 0.1) is 0 Å². The molecule has 1 aliphatic rings. The number of phenols is 1. The van der Waals surface area contributed by atoms with Gasteiger partial charge in [-0.2, -0.15) is 0 Å². The van der Waals surface area contributed by atoms with Gasteiger partial charge in [0, 0.05) is 5.56 Å². The minimum Gasteiger partial charge on any atom is -0.508 e. The molecule has 27 heavy (non-hydrogen) atoms. The van der Waals surface area contributed by atoms with Crippen LogP contribution in [0.25, 0.3) is 5.76 Å². The van der Waals surface area contributed by atoms with Crippen molar-refractivity contribution in [2.45, 2.75) is 6.04 Å². The summed E-state index contributed by atoms with van der Waals surface area (Å²) in [4.78, 5) is 26.7. The van der Waals surface area contributed by atoms with Gasteiger partial charge in [0.15, 0.2) is 0 Å². The van der Waals surface area contributed by atoms with Gasteiger partial charge in [-0.1, -0.05) is 53.8 Å². The van der Waals surface area contributed by atoms with Crippen LogP contribution in [0.1, 0.15) is 17.2 Å². The van der Waals surface area contributed by atoms with E-state index in [0.717, 1.165) is 11.3 Å². The topological polar surface area (TPSA) is 104 Å². The molecule has 0 aliphatic carbocycles. The van der Waals surface area contributed by atoms with Crippen LogP contribution in [0.5, 0.6) is 5.75 Å². The zero-order valence-electron chi connectivity index (χ0n) is 13.8. The Kier molecular flexibility index (Phi) is 4.17. The van der Waals surface area contributed by atoms with Gasteiger partial charge in [0.2, 0.25) is 5.13 Å². The fourth-order valence-electron chi connectivity index (χ4n) is 3.03. The summed E-state index contributed by atoms with van der Waals surface area (Å²) in [5.74, 6) is -1.80. The van der Waals surface area contributed by atoms with Crippen LogP contribution < -0.4 is 4.90 Å². The van der Waals surface area contributed by atoms with Gasteiger partial charge in [-0.25, -0.2) is 0 Å². The highest BCUT2D eigenvalue weighted by atomic mass is 32.1. The van der Waals surface area contributed by atoms with E-state index in [0.29, 0.717) is 11.1 Å². The number of carbonyl (C=O) groups is 2. The Morgan fingerprint density at radius 3 is 2.37 bits per heavy atom. The van der Waals surface area contributed by atoms with Crippen LogP contribution in [0.2, 0.25) is 0 Å². The zero-order valence-corrected chi connectivity index (χ0v) is 14.6. The molecular formula is C19H13N3O4S. The lowest BCUT2D eigenvalue weighted by molar-refractivity contribution is -0.132. The monoisotopic (exact) mass is 379 g/mol. The third-order valence-electron chi connectivity index (χ3n) is 4.26. The highest BCUT2D eigenvalue weighted by Crippen LogP contribution is 2.42. The number of aromatic nitrogens is 2. The molecule has 7 nitrogen and oxygen atoms in total. The maximum atomic E-state index is 12.8. The minimum atomic E-state index is -0.876. The van der Waals surface area contributed by atoms with E-state index < -0.39 is 17.7 Å². The van der Waals surface area contributed by atoms with Crippen molar-refractivity contribution in [3.63, 3.8) is 0 Å². The number of aliphatic hydroxyl groups excluding tert-OH is 1. The number of carbonyl (C=O) groups excluding carboxylic acids is 2. The number of amides is 1. The van der Waals surface area contributed by atoms with Gasteiger partial charge in [0.1, 0.15) is 17.0 Å². The van der Waals surface area contributed by atoms with Crippen molar-refractivity contribution in [2.75, 3.05) is 4.90 Å². The predicted octanol–water partition coefficient (Wildman–Crippen LogP) is 2.87. The lowest BCUT2D eigenvalue weighted by atomic mass is 9.95. The number of hydrogen-bond donors (Lipinski definition) is 2. The number of ketones is 1. The maximum absolute atomic E-state index is 12.8. The standard InChI is InChI=1S/C19H13N3O4S/c23-13-8-6-11(7-9-13)15-14(16(24)12-4-2-1-3-5-12)17(25)18(26)22(15)19-21-20-10-27-19/h1-10,15,23-24H. The van der Waals surface area contributed by atoms with Gasteiger partial charge >= 0.3 is 5.91 Å². The molecule has 0 bridgehead atoms. The van der Waals surface area contributed by atoms with Crippen LogP contribution in [0.3, 0.4) is 0 Å². The van der Waals surface area contributed by atoms with Gasteiger partial charge in [-0.05, 0) is 17.7 Å². The summed E-state index contributed by atoms with van der Waals surface area (Å²) < 4.78 is 0. The van der Waals surface area contributed by atoms with Crippen LogP contribution in [0.15, 0.2) is 65.7 Å². The lowest BCUT2D eigenvalue weighted by Crippen LogP contribution is -2.29. The summed E-state index contributed by atoms with van der Waals surface area (Å²) in [6, 6.07) is 13.8. The number of anilines is 1. The molecule has 1 fully saturated rings. The Hall–Kier alpha value is -3.52. The normalized spacial score (nSPS) is 18.8. The predicted molar refractivity (Wildman–Crippen MR) is 99.2 cm³/mol. The first kappa shape index (κ1) is 16.9. The second-order valence-corrected chi connectivity index (χ2v) is 6.66. The van der Waals surface area contributed by atoms with E-state index in [-0.39, 0.29) is 22.2 Å². The number of phenolic OH excluding ortho intramolecular Hbond substituents is 1. The Bertz CT molecular complexity index is 1030. The Balaban J connectivity index is 1.94. The molecule has 4 rings (SSSR count). The Morgan fingerprint density at radius 2 is 1.74 bits per heavy atom. The van der Waals surface area contributed by atoms with Crippen LogP contribution in [0.4, 0.5) is 5.13 Å². The van der Waals surface area contributed by atoms with Crippen LogP contribution >= 0.6 is 11.3 Å². The number of hydrogen-bond acceptors (Lipinski definition) is 7. The summed E-state index contributed by atoms with van der Waals surface area (Å²) in [6.07, 6.45) is 0. The fraction of sp³-hybridized carbons (Fsp3) is 0.0526. The van der Waals surface area contributed by atoms with E-state index in [4.69, 9.17) is 0 Å². The number of Topliss-reactive ketones (excluding diaryl/α,β-unsaturated/α-hetero) is 1. The van der Waals surface area contributed by atoms with Gasteiger partial charge < -0.3 is 10.2 Å². The zero-order chi connectivity index (χ0) is 19.0. The molecule has 2 aromatic carbocycles. The van der Waals surface area contributed by atoms with E-state index in [1.54, 1.807) is 42.5 Å². The molecule has 134 valence electrons. The van der Waals surface area contributed by atoms with Crippen molar-refractivity contribution in [1.82, 2.24) is 10.2 Å². The molecule has 0 spiro atoms. The highest BCUT2D eigenvalue weighted by Gasteiger charge is 2.48. The van der Waals surface area contributed by atoms with Crippen LogP contribution in [-0.2, 0) is 9.59 Å². The second kappa shape index (κ2) is 6.65. The Labute approximate surface area is 157 Å². The van der Waals surface area contributed by atoms with Crippen molar-refractivity contribution in [2.24, 2.45) is 0 Å². The smallest absolute Gasteiger partial charge is 0.301 e. The molecule has 3 aromatic rings. The quantitative estimate of drug-likeness (QED) is 0.412. The summed E-state index contributed by atoms with van der Waals surface area (Å²) in [6.45, 7) is 0. The minimum absolute atomic E-state index is 0.0351. The average molecular weight is 379 g/mol. The number of nitrogens with zero attached hydrogens (tertiary/aromatic N) is 3. The first-order valence-electron chi connectivity index (χ1n) is 7.99. The van der Waals surface area contributed by atoms with E-state index in [1.165, 1.54) is 22.5 Å². The van der Waals surface area contributed by atoms with E-state index in [1.807, 2.05) is 0 Å². The van der Waals surface area contributed by atoms with Gasteiger partial charge in [-0.15, -0.1) is 10.2 Å². The fourth-order valence-corrected chi connectivity index (χ4v) is 3.61. The van der Waals surface area contributed by atoms with Crippen molar-refractivity contribution >= 4 is 33.9 Å². The van der Waals surface area contributed by atoms with E-state index in [9.17, 15) is 19.8 Å². The molecule has 2 N–H and O–H groups in total. The number of rotatable bonds is 3. The lowest BCUT2D eigenvalue weighted by Gasteiger charge is -2.22. The summed E-state index contributed by atoms with van der Waals surface area (Å²) in [5.41, 5.74) is 2.41. The third-order valence-corrected chi connectivity index (χ3v) is 4.94. The Morgan fingerprint density at radius 1 is 1.04 bits per heavy atom. The number of aromatic hydroxyl groups is 1. The van der Waals surface area contributed by atoms with Gasteiger partial charge in [0.25, 0.3) is 5.78 Å². The molecule has 1 atom stereocenters. The average Bonchev–Trinajstić information content (AvgIpc) is 3.30. The van der Waals surface area contributed by atoms with E-state index >= 15 is 0 Å². The molecule has 1 amide bonds. The molecule has 0 radical (unpaired) electrons. The third kappa shape index (κ3) is 2.85. The largest absolute Gasteiger partial charge is 0.508 e. The molecular weight excluding hydrogens is 366 g/mol. The molecule has 1 saturated heterocycles. The van der Waals surface area contributed by atoms with Crippen molar-refractivity contribution in [3.8, 4) is 5.75 Å². The summed E-state index contributed by atoms with van der Waals surface area (Å²) in [7, 11) is 0. The second-order valence-electron chi connectivity index (χ2n) is 5.85. The first-order chi connectivity index (χ1) is 13.1. The van der Waals surface area contributed by atoms with E-state index in [2.05, 4.69) is 10.2 Å². The molecule has 1 aromatic heterocycles. The molecule has 1 aliphatic heterocycles. The van der Waals surface area contributed by atoms with Gasteiger partial charge in [0.05, 0.1) is 11.6 Å². The van der Waals surface area contributed by atoms with Crippen LogP contribution in [-0.4, -0.2) is 32.1 Å². The number of aliphatic hydroxyl groups is 1. The highest BCUT2D eigenvalue weighted by molar-refractivity contribution is 7.13. The number of benzene rings is 2. The molecule has 2 heterocycles. The van der Waals surface area contributed by atoms with Crippen molar-refractivity contribution < 1.29 is 19.8 Å². The molecule has 1 unspecified atom stereocenters. The summed E-state index contributed by atoms with van der Waals surface area (Å²) >= 11 is 1.11.